The molecule has 18 heavy (non-hydrogen) atoms. The molecule has 1 aliphatic rings. The van der Waals surface area contributed by atoms with Crippen LogP contribution in [0.5, 0.6) is 5.75 Å². The lowest BCUT2D eigenvalue weighted by molar-refractivity contribution is 0.280. The van der Waals surface area contributed by atoms with Crippen molar-refractivity contribution < 1.29 is 9.84 Å². The van der Waals surface area contributed by atoms with E-state index >= 15 is 0 Å². The lowest BCUT2D eigenvalue weighted by Gasteiger charge is -2.37. The number of fused-ring (bicyclic) bond motifs is 1. The second kappa shape index (κ2) is 5.85. The van der Waals surface area contributed by atoms with Crippen molar-refractivity contribution in [1.29, 1.82) is 0 Å². The van der Waals surface area contributed by atoms with Crippen LogP contribution in [0.15, 0.2) is 17.0 Å². The third-order valence-electron chi connectivity index (χ3n) is 3.53. The van der Waals surface area contributed by atoms with Gasteiger partial charge in [-0.25, -0.2) is 0 Å². The van der Waals surface area contributed by atoms with E-state index in [1.165, 1.54) is 16.1 Å². The van der Waals surface area contributed by atoms with Gasteiger partial charge in [-0.3, -0.25) is 0 Å². The maximum Gasteiger partial charge on any atom is 0.143 e. The molecule has 1 N–H and O–H groups in total. The number of hydrogen-bond donors (Lipinski definition) is 1. The molecule has 1 aromatic carbocycles. The highest BCUT2D eigenvalue weighted by molar-refractivity contribution is 7.99. The van der Waals surface area contributed by atoms with Gasteiger partial charge < -0.3 is 14.7 Å². The lowest BCUT2D eigenvalue weighted by Crippen LogP contribution is -2.37. The lowest BCUT2D eigenvalue weighted by atomic mass is 10.1. The molecule has 3 nitrogen and oxygen atoms in total. The van der Waals surface area contributed by atoms with Crippen LogP contribution in [0.3, 0.4) is 0 Å². The highest BCUT2D eigenvalue weighted by Gasteiger charge is 2.27. The van der Waals surface area contributed by atoms with E-state index in [-0.39, 0.29) is 6.61 Å². The van der Waals surface area contributed by atoms with Crippen molar-refractivity contribution >= 4 is 17.4 Å². The van der Waals surface area contributed by atoms with Crippen LogP contribution >= 0.6 is 11.8 Å². The van der Waals surface area contributed by atoms with Crippen LogP contribution in [0, 0.1) is 6.92 Å². The van der Waals surface area contributed by atoms with Crippen molar-refractivity contribution in [2.24, 2.45) is 0 Å². The molecule has 0 bridgehead atoms. The van der Waals surface area contributed by atoms with Crippen molar-refractivity contribution in [3.63, 3.8) is 0 Å². The molecule has 0 aromatic heterocycles. The average molecular weight is 267 g/mol. The number of anilines is 1. The molecule has 100 valence electrons. The van der Waals surface area contributed by atoms with E-state index in [0.29, 0.717) is 6.04 Å². The SMILES string of the molecule is COc1ccc(C)c2c1N(C)C(CCCO)CS2. The Bertz CT molecular complexity index is 423. The van der Waals surface area contributed by atoms with Crippen molar-refractivity contribution in [1.82, 2.24) is 0 Å². The van der Waals surface area contributed by atoms with E-state index in [4.69, 9.17) is 9.84 Å². The predicted octanol–water partition coefficient (Wildman–Crippen LogP) is 2.69. The van der Waals surface area contributed by atoms with Gasteiger partial charge in [0.2, 0.25) is 0 Å². The largest absolute Gasteiger partial charge is 0.495 e. The van der Waals surface area contributed by atoms with Gasteiger partial charge in [-0.15, -0.1) is 11.8 Å². The van der Waals surface area contributed by atoms with Crippen LogP contribution in [-0.2, 0) is 0 Å². The van der Waals surface area contributed by atoms with Gasteiger partial charge in [0.05, 0.1) is 12.8 Å². The number of ether oxygens (including phenoxy) is 1. The smallest absolute Gasteiger partial charge is 0.143 e. The second-order valence-corrected chi connectivity index (χ2v) is 5.73. The van der Waals surface area contributed by atoms with E-state index in [0.717, 1.165) is 24.3 Å². The fourth-order valence-corrected chi connectivity index (χ4v) is 3.84. The standard InChI is InChI=1S/C14H21NO2S/c1-10-6-7-12(17-3)13-14(10)18-9-11(15(13)2)5-4-8-16/h6-7,11,16H,4-5,8-9H2,1-3H3. The Labute approximate surface area is 113 Å². The Kier molecular flexibility index (Phi) is 4.40. The quantitative estimate of drug-likeness (QED) is 0.909. The molecule has 0 spiro atoms. The summed E-state index contributed by atoms with van der Waals surface area (Å²) in [7, 11) is 3.85. The summed E-state index contributed by atoms with van der Waals surface area (Å²) in [5.41, 5.74) is 2.51. The first kappa shape index (κ1) is 13.6. The molecule has 1 unspecified atom stereocenters. The molecule has 1 heterocycles. The Morgan fingerprint density at radius 2 is 2.28 bits per heavy atom. The minimum atomic E-state index is 0.271. The number of benzene rings is 1. The Hall–Kier alpha value is -0.870. The monoisotopic (exact) mass is 267 g/mol. The zero-order valence-electron chi connectivity index (χ0n) is 11.3. The minimum absolute atomic E-state index is 0.271. The Morgan fingerprint density at radius 3 is 2.94 bits per heavy atom. The predicted molar refractivity (Wildman–Crippen MR) is 77.0 cm³/mol. The van der Waals surface area contributed by atoms with Crippen LogP contribution in [0.2, 0.25) is 0 Å². The van der Waals surface area contributed by atoms with Gasteiger partial charge in [0.1, 0.15) is 5.75 Å². The molecule has 0 fully saturated rings. The van der Waals surface area contributed by atoms with Gasteiger partial charge in [-0.1, -0.05) is 6.07 Å². The van der Waals surface area contributed by atoms with Gasteiger partial charge in [0.25, 0.3) is 0 Å². The number of aryl methyl sites for hydroxylation is 1. The van der Waals surface area contributed by atoms with E-state index in [1.54, 1.807) is 7.11 Å². The fourth-order valence-electron chi connectivity index (χ4n) is 2.41. The van der Waals surface area contributed by atoms with Crippen LogP contribution < -0.4 is 9.64 Å². The van der Waals surface area contributed by atoms with Gasteiger partial charge in [0, 0.05) is 30.3 Å². The molecule has 0 amide bonds. The summed E-state index contributed by atoms with van der Waals surface area (Å²) in [6.45, 7) is 2.42. The van der Waals surface area contributed by atoms with Crippen molar-refractivity contribution in [3.8, 4) is 5.75 Å². The van der Waals surface area contributed by atoms with Gasteiger partial charge >= 0.3 is 0 Å². The van der Waals surface area contributed by atoms with Crippen molar-refractivity contribution in [3.05, 3.63) is 17.7 Å². The number of nitrogens with zero attached hydrogens (tertiary/aromatic N) is 1. The maximum atomic E-state index is 8.97. The molecule has 2 rings (SSSR count). The second-order valence-electron chi connectivity index (χ2n) is 4.70. The normalized spacial score (nSPS) is 18.7. The third-order valence-corrected chi connectivity index (χ3v) is 4.88. The molecule has 4 heteroatoms. The first-order valence-electron chi connectivity index (χ1n) is 6.33. The van der Waals surface area contributed by atoms with Crippen LogP contribution in [0.1, 0.15) is 18.4 Å². The summed E-state index contributed by atoms with van der Waals surface area (Å²) in [5.74, 6) is 2.02. The number of rotatable bonds is 4. The molecule has 0 aliphatic carbocycles. The summed E-state index contributed by atoms with van der Waals surface area (Å²) in [6.07, 6.45) is 1.88. The van der Waals surface area contributed by atoms with Gasteiger partial charge in [-0.05, 0) is 31.4 Å². The Balaban J connectivity index is 2.32. The van der Waals surface area contributed by atoms with Gasteiger partial charge in [-0.2, -0.15) is 0 Å². The van der Waals surface area contributed by atoms with Crippen LogP contribution in [-0.4, -0.2) is 37.7 Å². The zero-order valence-corrected chi connectivity index (χ0v) is 12.1. The van der Waals surface area contributed by atoms with Crippen LogP contribution in [0.4, 0.5) is 5.69 Å². The number of aliphatic hydroxyl groups excluding tert-OH is 1. The molecule has 1 atom stereocenters. The van der Waals surface area contributed by atoms with E-state index in [2.05, 4.69) is 24.9 Å². The molecular weight excluding hydrogens is 246 g/mol. The highest BCUT2D eigenvalue weighted by atomic mass is 32.2. The number of methoxy groups -OCH3 is 1. The van der Waals surface area contributed by atoms with Crippen LogP contribution in [0.25, 0.3) is 0 Å². The van der Waals surface area contributed by atoms with E-state index < -0.39 is 0 Å². The highest BCUT2D eigenvalue weighted by Crippen LogP contribution is 2.45. The Morgan fingerprint density at radius 1 is 1.50 bits per heavy atom. The summed E-state index contributed by atoms with van der Waals surface area (Å²) in [4.78, 5) is 3.64. The summed E-state index contributed by atoms with van der Waals surface area (Å²) >= 11 is 1.90. The number of hydrogen-bond acceptors (Lipinski definition) is 4. The van der Waals surface area contributed by atoms with E-state index in [1.807, 2.05) is 17.8 Å². The first-order valence-corrected chi connectivity index (χ1v) is 7.31. The molecular formula is C14H21NO2S. The third kappa shape index (κ3) is 2.45. The maximum absolute atomic E-state index is 8.97. The fraction of sp³-hybridized carbons (Fsp3) is 0.571. The number of thioether (sulfide) groups is 1. The average Bonchev–Trinajstić information content (AvgIpc) is 2.39. The van der Waals surface area contributed by atoms with Crippen molar-refractivity contribution in [2.45, 2.75) is 30.7 Å². The summed E-state index contributed by atoms with van der Waals surface area (Å²) in [5, 5.41) is 8.97. The summed E-state index contributed by atoms with van der Waals surface area (Å²) < 4.78 is 5.49. The minimum Gasteiger partial charge on any atom is -0.495 e. The summed E-state index contributed by atoms with van der Waals surface area (Å²) in [6, 6.07) is 4.64. The number of aliphatic hydroxyl groups is 1. The zero-order chi connectivity index (χ0) is 13.1. The van der Waals surface area contributed by atoms with E-state index in [9.17, 15) is 0 Å². The molecule has 1 aliphatic heterocycles. The van der Waals surface area contributed by atoms with Crippen molar-refractivity contribution in [2.75, 3.05) is 31.4 Å². The molecule has 0 radical (unpaired) electrons. The first-order chi connectivity index (χ1) is 8.69. The van der Waals surface area contributed by atoms with Gasteiger partial charge in [0.15, 0.2) is 0 Å². The molecule has 0 saturated heterocycles. The topological polar surface area (TPSA) is 32.7 Å². The molecule has 1 aromatic rings. The molecule has 0 saturated carbocycles.